The van der Waals surface area contributed by atoms with E-state index in [2.05, 4.69) is 10.3 Å². The third kappa shape index (κ3) is 4.00. The van der Waals surface area contributed by atoms with Gasteiger partial charge in [-0.1, -0.05) is 17.7 Å². The largest absolute Gasteiger partial charge is 0.351 e. The predicted molar refractivity (Wildman–Crippen MR) is 78.4 cm³/mol. The van der Waals surface area contributed by atoms with E-state index in [1.807, 2.05) is 6.07 Å². The van der Waals surface area contributed by atoms with Gasteiger partial charge in [0.05, 0.1) is 4.92 Å². The fraction of sp³-hybridized carbons (Fsp3) is 0.143. The molecule has 2 aromatic rings. The van der Waals surface area contributed by atoms with Crippen LogP contribution in [-0.4, -0.2) is 22.4 Å². The molecular formula is C14H12ClN3O3. The molecule has 0 fully saturated rings. The van der Waals surface area contributed by atoms with E-state index in [0.29, 0.717) is 13.0 Å². The van der Waals surface area contributed by atoms with E-state index >= 15 is 0 Å². The summed E-state index contributed by atoms with van der Waals surface area (Å²) in [7, 11) is 0. The number of nitro benzene ring substituents is 1. The van der Waals surface area contributed by atoms with Crippen LogP contribution in [0.25, 0.3) is 0 Å². The predicted octanol–water partition coefficient (Wildman–Crippen LogP) is 2.62. The molecule has 0 aliphatic heterocycles. The summed E-state index contributed by atoms with van der Waals surface area (Å²) in [5.74, 6) is -0.498. The minimum absolute atomic E-state index is 0.00409. The van der Waals surface area contributed by atoms with Crippen LogP contribution in [0.4, 0.5) is 5.69 Å². The quantitative estimate of drug-likeness (QED) is 0.679. The second kappa shape index (κ2) is 6.81. The highest BCUT2D eigenvalue weighted by Crippen LogP contribution is 2.23. The molecule has 0 atom stereocenters. The Hall–Kier alpha value is -2.47. The van der Waals surface area contributed by atoms with Crippen molar-refractivity contribution in [1.29, 1.82) is 0 Å². The Morgan fingerprint density at radius 2 is 2.19 bits per heavy atom. The first-order valence-electron chi connectivity index (χ1n) is 6.19. The van der Waals surface area contributed by atoms with Gasteiger partial charge in [0.1, 0.15) is 5.56 Å². The Morgan fingerprint density at radius 3 is 2.86 bits per heavy atom. The van der Waals surface area contributed by atoms with E-state index in [0.717, 1.165) is 11.6 Å². The zero-order valence-electron chi connectivity index (χ0n) is 11.0. The number of nitro groups is 1. The maximum absolute atomic E-state index is 12.0. The zero-order chi connectivity index (χ0) is 15.2. The lowest BCUT2D eigenvalue weighted by molar-refractivity contribution is -0.385. The molecule has 0 unspecified atom stereocenters. The molecular weight excluding hydrogens is 294 g/mol. The highest BCUT2D eigenvalue weighted by Gasteiger charge is 2.20. The fourth-order valence-electron chi connectivity index (χ4n) is 1.81. The Kier molecular flexibility index (Phi) is 4.84. The van der Waals surface area contributed by atoms with Crippen LogP contribution in [0.2, 0.25) is 5.02 Å². The van der Waals surface area contributed by atoms with Crippen molar-refractivity contribution in [2.75, 3.05) is 6.54 Å². The lowest BCUT2D eigenvalue weighted by atomic mass is 10.1. The summed E-state index contributed by atoms with van der Waals surface area (Å²) in [5.41, 5.74) is 0.667. The zero-order valence-corrected chi connectivity index (χ0v) is 11.7. The highest BCUT2D eigenvalue weighted by atomic mass is 35.5. The monoisotopic (exact) mass is 305 g/mol. The highest BCUT2D eigenvalue weighted by molar-refractivity contribution is 6.31. The molecule has 7 heteroatoms. The number of nitrogens with zero attached hydrogens (tertiary/aromatic N) is 2. The second-order valence-corrected chi connectivity index (χ2v) is 4.72. The van der Waals surface area contributed by atoms with Crippen LogP contribution in [0.5, 0.6) is 0 Å². The van der Waals surface area contributed by atoms with Gasteiger partial charge in [0.2, 0.25) is 0 Å². The normalized spacial score (nSPS) is 10.1. The molecule has 2 rings (SSSR count). The van der Waals surface area contributed by atoms with Crippen LogP contribution in [-0.2, 0) is 6.42 Å². The van der Waals surface area contributed by atoms with E-state index in [4.69, 9.17) is 11.6 Å². The fourth-order valence-corrected chi connectivity index (χ4v) is 1.98. The number of hydrogen-bond acceptors (Lipinski definition) is 4. The van der Waals surface area contributed by atoms with Gasteiger partial charge < -0.3 is 5.32 Å². The van der Waals surface area contributed by atoms with Crippen LogP contribution in [0.3, 0.4) is 0 Å². The molecule has 108 valence electrons. The topological polar surface area (TPSA) is 85.1 Å². The number of pyridine rings is 1. The molecule has 0 aliphatic carbocycles. The Morgan fingerprint density at radius 1 is 1.38 bits per heavy atom. The van der Waals surface area contributed by atoms with Crippen molar-refractivity contribution in [3.63, 3.8) is 0 Å². The first-order valence-corrected chi connectivity index (χ1v) is 6.57. The van der Waals surface area contributed by atoms with Gasteiger partial charge in [-0.05, 0) is 30.2 Å². The van der Waals surface area contributed by atoms with Crippen LogP contribution >= 0.6 is 11.6 Å². The molecule has 21 heavy (non-hydrogen) atoms. The van der Waals surface area contributed by atoms with Crippen LogP contribution in [0.1, 0.15) is 15.9 Å². The molecule has 0 saturated heterocycles. The van der Waals surface area contributed by atoms with Crippen LogP contribution < -0.4 is 5.32 Å². The van der Waals surface area contributed by atoms with Gasteiger partial charge in [0, 0.05) is 30.0 Å². The molecule has 0 saturated carbocycles. The standard InChI is InChI=1S/C14H12ClN3O3/c15-11-3-4-12(13(8-11)18(20)21)14(19)17-7-5-10-2-1-6-16-9-10/h1-4,6,8-9H,5,7H2,(H,17,19). The molecule has 0 bridgehead atoms. The molecule has 6 nitrogen and oxygen atoms in total. The smallest absolute Gasteiger partial charge is 0.283 e. The van der Waals surface area contributed by atoms with Gasteiger partial charge in [-0.2, -0.15) is 0 Å². The van der Waals surface area contributed by atoms with Crippen LogP contribution in [0, 0.1) is 10.1 Å². The number of halogens is 1. The summed E-state index contributed by atoms with van der Waals surface area (Å²) < 4.78 is 0. The van der Waals surface area contributed by atoms with Gasteiger partial charge in [-0.15, -0.1) is 0 Å². The van der Waals surface area contributed by atoms with Gasteiger partial charge in [0.25, 0.3) is 11.6 Å². The molecule has 0 radical (unpaired) electrons. The number of nitrogens with one attached hydrogen (secondary N) is 1. The first-order chi connectivity index (χ1) is 10.1. The molecule has 1 amide bonds. The van der Waals surface area contributed by atoms with Crippen molar-refractivity contribution in [2.24, 2.45) is 0 Å². The molecule has 1 heterocycles. The number of amides is 1. The van der Waals surface area contributed by atoms with Gasteiger partial charge in [-0.25, -0.2) is 0 Å². The number of rotatable bonds is 5. The van der Waals surface area contributed by atoms with Crippen molar-refractivity contribution in [3.05, 3.63) is 69.0 Å². The molecule has 1 N–H and O–H groups in total. The lowest BCUT2D eigenvalue weighted by Crippen LogP contribution is -2.26. The third-order valence-corrected chi connectivity index (χ3v) is 3.06. The van der Waals surface area contributed by atoms with Gasteiger partial charge >= 0.3 is 0 Å². The number of carbonyl (C=O) groups excluding carboxylic acids is 1. The van der Waals surface area contributed by atoms with Gasteiger partial charge in [0.15, 0.2) is 0 Å². The van der Waals surface area contributed by atoms with Crippen molar-refractivity contribution in [3.8, 4) is 0 Å². The number of benzene rings is 1. The maximum atomic E-state index is 12.0. The molecule has 1 aromatic heterocycles. The Bertz CT molecular complexity index is 662. The average molecular weight is 306 g/mol. The second-order valence-electron chi connectivity index (χ2n) is 4.29. The van der Waals surface area contributed by atoms with Gasteiger partial charge in [-0.3, -0.25) is 19.9 Å². The summed E-state index contributed by atoms with van der Waals surface area (Å²) in [6.07, 6.45) is 3.97. The van der Waals surface area contributed by atoms with E-state index in [1.165, 1.54) is 12.1 Å². The molecule has 0 spiro atoms. The third-order valence-electron chi connectivity index (χ3n) is 2.82. The van der Waals surface area contributed by atoms with Crippen molar-refractivity contribution in [2.45, 2.75) is 6.42 Å². The van der Waals surface area contributed by atoms with E-state index in [1.54, 1.807) is 18.5 Å². The number of hydrogen-bond donors (Lipinski definition) is 1. The van der Waals surface area contributed by atoms with Crippen LogP contribution in [0.15, 0.2) is 42.7 Å². The first kappa shape index (κ1) is 14.9. The SMILES string of the molecule is O=C(NCCc1cccnc1)c1ccc(Cl)cc1[N+](=O)[O-]. The number of carbonyl (C=O) groups is 1. The van der Waals surface area contributed by atoms with E-state index in [9.17, 15) is 14.9 Å². The van der Waals surface area contributed by atoms with Crippen molar-refractivity contribution in [1.82, 2.24) is 10.3 Å². The molecule has 0 aliphatic rings. The average Bonchev–Trinajstić information content (AvgIpc) is 2.48. The Balaban J connectivity index is 2.02. The van der Waals surface area contributed by atoms with Crippen molar-refractivity contribution >= 4 is 23.2 Å². The summed E-state index contributed by atoms with van der Waals surface area (Å²) in [4.78, 5) is 26.3. The van der Waals surface area contributed by atoms with E-state index < -0.39 is 10.8 Å². The summed E-state index contributed by atoms with van der Waals surface area (Å²) in [5, 5.41) is 13.8. The summed E-state index contributed by atoms with van der Waals surface area (Å²) in [6, 6.07) is 7.66. The van der Waals surface area contributed by atoms with E-state index in [-0.39, 0.29) is 16.3 Å². The molecule has 1 aromatic carbocycles. The number of aromatic nitrogens is 1. The Labute approximate surface area is 125 Å². The summed E-state index contributed by atoms with van der Waals surface area (Å²) in [6.45, 7) is 0.365. The minimum atomic E-state index is -0.623. The maximum Gasteiger partial charge on any atom is 0.283 e. The summed E-state index contributed by atoms with van der Waals surface area (Å²) >= 11 is 5.71. The lowest BCUT2D eigenvalue weighted by Gasteiger charge is -2.06. The van der Waals surface area contributed by atoms with Crippen molar-refractivity contribution < 1.29 is 9.72 Å². The minimum Gasteiger partial charge on any atom is -0.351 e.